The van der Waals surface area contributed by atoms with E-state index in [4.69, 9.17) is 4.74 Å². The van der Waals surface area contributed by atoms with Crippen molar-refractivity contribution in [3.8, 4) is 11.5 Å². The minimum atomic E-state index is -0.176. The highest BCUT2D eigenvalue weighted by Gasteiger charge is 2.66. The lowest BCUT2D eigenvalue weighted by Crippen LogP contribution is -2.66. The van der Waals surface area contributed by atoms with Crippen LogP contribution in [0.3, 0.4) is 0 Å². The van der Waals surface area contributed by atoms with Crippen molar-refractivity contribution in [3.05, 3.63) is 23.3 Å². The Bertz CT molecular complexity index is 875. The lowest BCUT2D eigenvalue weighted by Gasteiger charge is -2.69. The van der Waals surface area contributed by atoms with Gasteiger partial charge in [0.1, 0.15) is 17.1 Å². The number of phenolic OH excluding ortho intramolecular Hbond substituents is 1. The standard InChI is InChI=1S/C27H40O3/c1-16-13-18(28)14-17-15-21-26(5)10-7-19-24(2,3)22(29)9-11-25(19,4)20(26)8-12-27(21,6)30-23(16)17/h13-14,19-22,28-29H,7-12,15H2,1-6H3/t19-,20+,21-,22-,25-,26+,27-/m0/s1. The third kappa shape index (κ3) is 2.54. The average Bonchev–Trinajstić information content (AvgIpc) is 2.64. The molecule has 1 aromatic rings. The minimum absolute atomic E-state index is 0.00630. The van der Waals surface area contributed by atoms with E-state index in [0.29, 0.717) is 23.5 Å². The number of aryl methyl sites for hydroxylation is 1. The maximum atomic E-state index is 10.8. The first-order chi connectivity index (χ1) is 13.9. The summed E-state index contributed by atoms with van der Waals surface area (Å²) in [7, 11) is 0. The molecular weight excluding hydrogens is 372 g/mol. The molecule has 1 aliphatic heterocycles. The molecule has 4 aliphatic rings. The number of aliphatic hydroxyl groups excluding tert-OH is 1. The second-order valence-corrected chi connectivity index (χ2v) is 12.5. The van der Waals surface area contributed by atoms with E-state index in [0.717, 1.165) is 37.0 Å². The Morgan fingerprint density at radius 2 is 1.50 bits per heavy atom. The largest absolute Gasteiger partial charge is 0.508 e. The van der Waals surface area contributed by atoms with E-state index in [1.165, 1.54) is 24.8 Å². The van der Waals surface area contributed by atoms with Crippen LogP contribution < -0.4 is 4.74 Å². The molecule has 166 valence electrons. The van der Waals surface area contributed by atoms with Gasteiger partial charge in [0.25, 0.3) is 0 Å². The Morgan fingerprint density at radius 1 is 0.867 bits per heavy atom. The molecule has 3 fully saturated rings. The van der Waals surface area contributed by atoms with Gasteiger partial charge in [-0.2, -0.15) is 0 Å². The second-order valence-electron chi connectivity index (χ2n) is 12.5. The first-order valence-electron chi connectivity index (χ1n) is 12.1. The molecule has 0 saturated heterocycles. The van der Waals surface area contributed by atoms with Crippen LogP contribution in [0.15, 0.2) is 12.1 Å². The summed E-state index contributed by atoms with van der Waals surface area (Å²) in [5.41, 5.74) is 2.61. The lowest BCUT2D eigenvalue weighted by molar-refractivity contribution is -0.223. The van der Waals surface area contributed by atoms with Crippen molar-refractivity contribution in [2.24, 2.45) is 34.0 Å². The van der Waals surface area contributed by atoms with Gasteiger partial charge in [0.05, 0.1) is 6.10 Å². The first-order valence-corrected chi connectivity index (χ1v) is 12.1. The van der Waals surface area contributed by atoms with Gasteiger partial charge in [0, 0.05) is 5.92 Å². The van der Waals surface area contributed by atoms with Crippen LogP contribution in [-0.4, -0.2) is 21.9 Å². The van der Waals surface area contributed by atoms with Crippen LogP contribution in [0.2, 0.25) is 0 Å². The summed E-state index contributed by atoms with van der Waals surface area (Å²) >= 11 is 0. The third-order valence-corrected chi connectivity index (χ3v) is 10.6. The normalized spacial score (nSPS) is 46.6. The predicted molar refractivity (Wildman–Crippen MR) is 120 cm³/mol. The van der Waals surface area contributed by atoms with E-state index in [2.05, 4.69) is 41.5 Å². The van der Waals surface area contributed by atoms with Gasteiger partial charge in [0.2, 0.25) is 0 Å². The number of aliphatic hydroxyl groups is 1. The highest BCUT2D eigenvalue weighted by molar-refractivity contribution is 5.48. The van der Waals surface area contributed by atoms with E-state index >= 15 is 0 Å². The number of fused-ring (bicyclic) bond motifs is 6. The van der Waals surface area contributed by atoms with Crippen LogP contribution in [0.5, 0.6) is 11.5 Å². The third-order valence-electron chi connectivity index (χ3n) is 10.6. The summed E-state index contributed by atoms with van der Waals surface area (Å²) in [6, 6.07) is 3.76. The average molecular weight is 413 g/mol. The van der Waals surface area contributed by atoms with Crippen LogP contribution in [0, 0.1) is 40.9 Å². The molecule has 1 aromatic carbocycles. The van der Waals surface area contributed by atoms with E-state index < -0.39 is 0 Å². The number of aromatic hydroxyl groups is 1. The zero-order valence-corrected chi connectivity index (χ0v) is 19.7. The summed E-state index contributed by atoms with van der Waals surface area (Å²) in [6.45, 7) is 14.1. The molecule has 3 nitrogen and oxygen atoms in total. The smallest absolute Gasteiger partial charge is 0.126 e. The molecule has 3 saturated carbocycles. The Hall–Kier alpha value is -1.22. The van der Waals surface area contributed by atoms with E-state index in [1.54, 1.807) is 0 Å². The molecule has 7 atom stereocenters. The summed E-state index contributed by atoms with van der Waals surface area (Å²) in [5.74, 6) is 3.08. The first kappa shape index (κ1) is 20.7. The molecule has 0 spiro atoms. The SMILES string of the molecule is Cc1cc(O)cc2c1O[C@@]1(C)CC[C@@H]3[C@@]4(C)CC[C@H](O)C(C)(C)[C@@H]4CC[C@@]3(C)[C@@H]1C2. The highest BCUT2D eigenvalue weighted by Crippen LogP contribution is 2.70. The number of hydrogen-bond donors (Lipinski definition) is 2. The molecule has 3 heteroatoms. The van der Waals surface area contributed by atoms with Crippen LogP contribution in [0.1, 0.15) is 84.3 Å². The molecule has 0 aromatic heterocycles. The van der Waals surface area contributed by atoms with Gasteiger partial charge in [-0.25, -0.2) is 0 Å². The van der Waals surface area contributed by atoms with Crippen LogP contribution in [-0.2, 0) is 6.42 Å². The van der Waals surface area contributed by atoms with Gasteiger partial charge >= 0.3 is 0 Å². The maximum Gasteiger partial charge on any atom is 0.126 e. The van der Waals surface area contributed by atoms with Gasteiger partial charge in [-0.1, -0.05) is 27.7 Å². The molecule has 1 heterocycles. The molecule has 0 amide bonds. The Labute approximate surface area is 182 Å². The Balaban J connectivity index is 1.56. The quantitative estimate of drug-likeness (QED) is 0.547. The fourth-order valence-electron chi connectivity index (χ4n) is 9.11. The molecule has 0 radical (unpaired) electrons. The Kier molecular flexibility index (Phi) is 4.26. The van der Waals surface area contributed by atoms with Crippen molar-refractivity contribution in [1.29, 1.82) is 0 Å². The maximum absolute atomic E-state index is 10.8. The van der Waals surface area contributed by atoms with Gasteiger partial charge in [-0.3, -0.25) is 0 Å². The fraction of sp³-hybridized carbons (Fsp3) is 0.778. The van der Waals surface area contributed by atoms with Gasteiger partial charge in [-0.05, 0) is 110 Å². The zero-order chi connectivity index (χ0) is 21.7. The van der Waals surface area contributed by atoms with Crippen molar-refractivity contribution in [3.63, 3.8) is 0 Å². The number of ether oxygens (including phenoxy) is 1. The number of rotatable bonds is 0. The fourth-order valence-corrected chi connectivity index (χ4v) is 9.11. The monoisotopic (exact) mass is 412 g/mol. The molecule has 3 aliphatic carbocycles. The minimum Gasteiger partial charge on any atom is -0.508 e. The summed E-state index contributed by atoms with van der Waals surface area (Å²) < 4.78 is 6.80. The van der Waals surface area contributed by atoms with Crippen molar-refractivity contribution in [1.82, 2.24) is 0 Å². The van der Waals surface area contributed by atoms with Gasteiger partial charge in [-0.15, -0.1) is 0 Å². The number of phenols is 1. The highest BCUT2D eigenvalue weighted by atomic mass is 16.5. The predicted octanol–water partition coefficient (Wildman–Crippen LogP) is 6.02. The molecule has 5 rings (SSSR count). The molecule has 0 unspecified atom stereocenters. The van der Waals surface area contributed by atoms with Gasteiger partial charge < -0.3 is 14.9 Å². The van der Waals surface area contributed by atoms with Crippen LogP contribution in [0.4, 0.5) is 0 Å². The molecular formula is C27H40O3. The topological polar surface area (TPSA) is 49.7 Å². The lowest BCUT2D eigenvalue weighted by atomic mass is 9.37. The van der Waals surface area contributed by atoms with E-state index in [-0.39, 0.29) is 27.9 Å². The van der Waals surface area contributed by atoms with Crippen molar-refractivity contribution >= 4 is 0 Å². The second kappa shape index (κ2) is 6.18. The summed E-state index contributed by atoms with van der Waals surface area (Å²) in [4.78, 5) is 0. The summed E-state index contributed by atoms with van der Waals surface area (Å²) in [6.07, 6.45) is 7.63. The van der Waals surface area contributed by atoms with Crippen LogP contribution >= 0.6 is 0 Å². The summed E-state index contributed by atoms with van der Waals surface area (Å²) in [5, 5.41) is 21.0. The van der Waals surface area contributed by atoms with E-state index in [9.17, 15) is 10.2 Å². The number of benzene rings is 1. The molecule has 30 heavy (non-hydrogen) atoms. The molecule has 2 N–H and O–H groups in total. The molecule has 0 bridgehead atoms. The zero-order valence-electron chi connectivity index (χ0n) is 19.7. The van der Waals surface area contributed by atoms with Crippen LogP contribution in [0.25, 0.3) is 0 Å². The van der Waals surface area contributed by atoms with Gasteiger partial charge in [0.15, 0.2) is 0 Å². The van der Waals surface area contributed by atoms with E-state index in [1.807, 2.05) is 12.1 Å². The number of hydrogen-bond acceptors (Lipinski definition) is 3. The van der Waals surface area contributed by atoms with Crippen molar-refractivity contribution in [2.45, 2.75) is 98.2 Å². The van der Waals surface area contributed by atoms with Crippen molar-refractivity contribution in [2.75, 3.05) is 0 Å². The Morgan fingerprint density at radius 3 is 2.23 bits per heavy atom. The van der Waals surface area contributed by atoms with Crippen molar-refractivity contribution < 1.29 is 14.9 Å².